The van der Waals surface area contributed by atoms with Crippen LogP contribution in [0.4, 0.5) is 4.39 Å². The van der Waals surface area contributed by atoms with Crippen molar-refractivity contribution in [3.63, 3.8) is 0 Å². The molecule has 0 aliphatic carbocycles. The number of methoxy groups -OCH3 is 2. The highest BCUT2D eigenvalue weighted by atomic mass is 19.1. The molecule has 0 fully saturated rings. The number of aryl methyl sites for hydroxylation is 1. The summed E-state index contributed by atoms with van der Waals surface area (Å²) in [5, 5.41) is 3.25. The van der Waals surface area contributed by atoms with Crippen molar-refractivity contribution in [2.24, 2.45) is 0 Å². The van der Waals surface area contributed by atoms with E-state index in [9.17, 15) is 4.39 Å². The van der Waals surface area contributed by atoms with Crippen LogP contribution < -0.4 is 14.8 Å². The average Bonchev–Trinajstić information content (AvgIpc) is 2.50. The smallest absolute Gasteiger partial charge is 0.165 e. The molecule has 0 heterocycles. The maximum absolute atomic E-state index is 13.6. The van der Waals surface area contributed by atoms with Gasteiger partial charge in [0.15, 0.2) is 11.6 Å². The van der Waals surface area contributed by atoms with Crippen molar-refractivity contribution in [3.05, 3.63) is 58.9 Å². The fraction of sp³-hybridized carbons (Fsp3) is 0.294. The lowest BCUT2D eigenvalue weighted by atomic mass is 9.96. The lowest BCUT2D eigenvalue weighted by Crippen LogP contribution is -2.18. The largest absolute Gasteiger partial charge is 0.496 e. The molecule has 0 aliphatic rings. The van der Waals surface area contributed by atoms with Crippen LogP contribution in [-0.4, -0.2) is 21.3 Å². The molecule has 3 nitrogen and oxygen atoms in total. The molecular formula is C17H20FNO2. The molecule has 21 heavy (non-hydrogen) atoms. The highest BCUT2D eigenvalue weighted by Gasteiger charge is 2.18. The van der Waals surface area contributed by atoms with Crippen LogP contribution in [0.15, 0.2) is 36.4 Å². The summed E-state index contributed by atoms with van der Waals surface area (Å²) >= 11 is 0. The first-order valence-electron chi connectivity index (χ1n) is 6.76. The highest BCUT2D eigenvalue weighted by molar-refractivity contribution is 5.45. The average molecular weight is 289 g/mol. The lowest BCUT2D eigenvalue weighted by molar-refractivity contribution is 0.385. The van der Waals surface area contributed by atoms with Crippen LogP contribution >= 0.6 is 0 Å². The fourth-order valence-electron chi connectivity index (χ4n) is 2.44. The van der Waals surface area contributed by atoms with Crippen molar-refractivity contribution in [2.45, 2.75) is 13.0 Å². The Morgan fingerprint density at radius 2 is 1.71 bits per heavy atom. The van der Waals surface area contributed by atoms with E-state index in [1.165, 1.54) is 13.2 Å². The number of halogens is 1. The Bertz CT molecular complexity index is 628. The summed E-state index contributed by atoms with van der Waals surface area (Å²) in [4.78, 5) is 0. The molecule has 112 valence electrons. The van der Waals surface area contributed by atoms with Gasteiger partial charge < -0.3 is 14.8 Å². The first kappa shape index (κ1) is 15.3. The van der Waals surface area contributed by atoms with Crippen LogP contribution in [0.1, 0.15) is 22.7 Å². The van der Waals surface area contributed by atoms with Crippen molar-refractivity contribution < 1.29 is 13.9 Å². The summed E-state index contributed by atoms with van der Waals surface area (Å²) in [6.45, 7) is 2.03. The summed E-state index contributed by atoms with van der Waals surface area (Å²) < 4.78 is 24.1. The van der Waals surface area contributed by atoms with E-state index in [0.29, 0.717) is 0 Å². The lowest BCUT2D eigenvalue weighted by Gasteiger charge is -2.21. The van der Waals surface area contributed by atoms with E-state index >= 15 is 0 Å². The maximum atomic E-state index is 13.6. The third kappa shape index (κ3) is 3.16. The minimum Gasteiger partial charge on any atom is -0.496 e. The molecule has 0 bridgehead atoms. The van der Waals surface area contributed by atoms with E-state index in [0.717, 1.165) is 22.4 Å². The quantitative estimate of drug-likeness (QED) is 0.914. The van der Waals surface area contributed by atoms with Gasteiger partial charge in [0.1, 0.15) is 5.75 Å². The van der Waals surface area contributed by atoms with E-state index in [-0.39, 0.29) is 17.6 Å². The summed E-state index contributed by atoms with van der Waals surface area (Å²) in [6, 6.07) is 10.8. The molecular weight excluding hydrogens is 269 g/mol. The van der Waals surface area contributed by atoms with E-state index in [1.54, 1.807) is 19.2 Å². The Kier molecular flexibility index (Phi) is 4.81. The van der Waals surface area contributed by atoms with Gasteiger partial charge in [-0.05, 0) is 37.7 Å². The highest BCUT2D eigenvalue weighted by Crippen LogP contribution is 2.32. The minimum absolute atomic E-state index is 0.102. The molecule has 0 aromatic heterocycles. The van der Waals surface area contributed by atoms with Gasteiger partial charge >= 0.3 is 0 Å². The van der Waals surface area contributed by atoms with Crippen LogP contribution in [0.5, 0.6) is 11.5 Å². The molecule has 1 unspecified atom stereocenters. The molecule has 2 aromatic carbocycles. The van der Waals surface area contributed by atoms with Crippen molar-refractivity contribution in [1.82, 2.24) is 5.32 Å². The van der Waals surface area contributed by atoms with E-state index < -0.39 is 0 Å². The van der Waals surface area contributed by atoms with E-state index in [1.807, 2.05) is 26.1 Å². The SMILES string of the molecule is CNC(c1ccc(F)c(OC)c1)c1cc(C)ccc1OC. The van der Waals surface area contributed by atoms with Gasteiger partial charge in [-0.2, -0.15) is 0 Å². The zero-order valence-corrected chi connectivity index (χ0v) is 12.7. The number of ether oxygens (including phenoxy) is 2. The number of benzene rings is 2. The Labute approximate surface area is 124 Å². The zero-order chi connectivity index (χ0) is 15.4. The van der Waals surface area contributed by atoms with Crippen molar-refractivity contribution >= 4 is 0 Å². The normalized spacial score (nSPS) is 12.0. The van der Waals surface area contributed by atoms with Gasteiger partial charge in [0.05, 0.1) is 20.3 Å². The summed E-state index contributed by atoms with van der Waals surface area (Å²) in [6.07, 6.45) is 0. The summed E-state index contributed by atoms with van der Waals surface area (Å²) in [7, 11) is 4.97. The number of nitrogens with one attached hydrogen (secondary N) is 1. The molecule has 4 heteroatoms. The second-order valence-electron chi connectivity index (χ2n) is 4.86. The standard InChI is InChI=1S/C17H20FNO2/c1-11-5-8-15(20-3)13(9-11)17(19-2)12-6-7-14(18)16(10-12)21-4/h5-10,17,19H,1-4H3. The Morgan fingerprint density at radius 3 is 2.33 bits per heavy atom. The van der Waals surface area contributed by atoms with Crippen LogP contribution in [0.25, 0.3) is 0 Å². The molecule has 1 N–H and O–H groups in total. The number of hydrogen-bond acceptors (Lipinski definition) is 3. The first-order valence-corrected chi connectivity index (χ1v) is 6.76. The van der Waals surface area contributed by atoms with Crippen LogP contribution in [-0.2, 0) is 0 Å². The molecule has 0 saturated heterocycles. The topological polar surface area (TPSA) is 30.5 Å². The third-order valence-electron chi connectivity index (χ3n) is 3.49. The minimum atomic E-state index is -0.368. The molecule has 1 atom stereocenters. The Morgan fingerprint density at radius 1 is 1.00 bits per heavy atom. The van der Waals surface area contributed by atoms with Gasteiger partial charge in [0, 0.05) is 5.56 Å². The molecule has 0 amide bonds. The van der Waals surface area contributed by atoms with Gasteiger partial charge in [0.25, 0.3) is 0 Å². The Balaban J connectivity index is 2.51. The maximum Gasteiger partial charge on any atom is 0.165 e. The summed E-state index contributed by atoms with van der Waals surface area (Å²) in [5.41, 5.74) is 3.06. The molecule has 0 spiro atoms. The zero-order valence-electron chi connectivity index (χ0n) is 12.7. The first-order chi connectivity index (χ1) is 10.1. The molecule has 0 saturated carbocycles. The van der Waals surface area contributed by atoms with Gasteiger partial charge in [-0.25, -0.2) is 4.39 Å². The second-order valence-corrected chi connectivity index (χ2v) is 4.86. The third-order valence-corrected chi connectivity index (χ3v) is 3.49. The van der Waals surface area contributed by atoms with Crippen LogP contribution in [0.3, 0.4) is 0 Å². The fourth-order valence-corrected chi connectivity index (χ4v) is 2.44. The van der Waals surface area contributed by atoms with Crippen LogP contribution in [0.2, 0.25) is 0 Å². The predicted molar refractivity (Wildman–Crippen MR) is 81.6 cm³/mol. The van der Waals surface area contributed by atoms with Crippen molar-refractivity contribution in [3.8, 4) is 11.5 Å². The van der Waals surface area contributed by atoms with Gasteiger partial charge in [0.2, 0.25) is 0 Å². The number of rotatable bonds is 5. The molecule has 2 rings (SSSR count). The predicted octanol–water partition coefficient (Wildman–Crippen LogP) is 3.46. The summed E-state index contributed by atoms with van der Waals surface area (Å²) in [5.74, 6) is 0.662. The monoisotopic (exact) mass is 289 g/mol. The molecule has 2 aromatic rings. The molecule has 0 radical (unpaired) electrons. The Hall–Kier alpha value is -2.07. The molecule has 0 aliphatic heterocycles. The van der Waals surface area contributed by atoms with E-state index in [4.69, 9.17) is 9.47 Å². The van der Waals surface area contributed by atoms with Crippen molar-refractivity contribution in [2.75, 3.05) is 21.3 Å². The number of hydrogen-bond donors (Lipinski definition) is 1. The van der Waals surface area contributed by atoms with Gasteiger partial charge in [-0.3, -0.25) is 0 Å². The second kappa shape index (κ2) is 6.59. The van der Waals surface area contributed by atoms with Gasteiger partial charge in [-0.1, -0.05) is 23.8 Å². The van der Waals surface area contributed by atoms with Crippen molar-refractivity contribution in [1.29, 1.82) is 0 Å². The van der Waals surface area contributed by atoms with Crippen LogP contribution in [0, 0.1) is 12.7 Å². The van der Waals surface area contributed by atoms with Gasteiger partial charge in [-0.15, -0.1) is 0 Å². The van der Waals surface area contributed by atoms with E-state index in [2.05, 4.69) is 11.4 Å².